The quantitative estimate of drug-likeness (QED) is 0.354. The molecule has 4 N–H and O–H groups in total. The number of hydrogen-bond acceptors (Lipinski definition) is 7. The lowest BCUT2D eigenvalue weighted by Gasteiger charge is -2.15. The van der Waals surface area contributed by atoms with Gasteiger partial charge in [-0.15, -0.1) is 0 Å². The van der Waals surface area contributed by atoms with Crippen LogP contribution in [0.15, 0.2) is 53.5 Å². The average molecular weight is 434 g/mol. The van der Waals surface area contributed by atoms with Gasteiger partial charge >= 0.3 is 0 Å². The molecule has 1 atom stereocenters. The number of hydrogen-bond donors (Lipinski definition) is 3. The summed E-state index contributed by atoms with van der Waals surface area (Å²) in [4.78, 5) is 13.7. The summed E-state index contributed by atoms with van der Waals surface area (Å²) in [6, 6.07) is 13.2. The van der Waals surface area contributed by atoms with Crippen molar-refractivity contribution in [3.05, 3.63) is 54.1 Å². The summed E-state index contributed by atoms with van der Waals surface area (Å²) in [5.41, 5.74) is 9.13. The van der Waals surface area contributed by atoms with Gasteiger partial charge in [0.25, 0.3) is 0 Å². The largest absolute Gasteiger partial charge is 0.507 e. The van der Waals surface area contributed by atoms with E-state index in [2.05, 4.69) is 24.2 Å². The van der Waals surface area contributed by atoms with Crippen LogP contribution in [0, 0.1) is 0 Å². The molecule has 0 fully saturated rings. The van der Waals surface area contributed by atoms with Crippen LogP contribution in [0.5, 0.6) is 5.75 Å². The number of nitrogens with zero attached hydrogens (tertiary/aromatic N) is 3. The number of anilines is 1. The van der Waals surface area contributed by atoms with Crippen LogP contribution in [-0.4, -0.2) is 47.7 Å². The zero-order chi connectivity index (χ0) is 23.1. The van der Waals surface area contributed by atoms with Crippen molar-refractivity contribution in [3.63, 3.8) is 0 Å². The molecule has 0 bridgehead atoms. The van der Waals surface area contributed by atoms with Crippen molar-refractivity contribution in [3.8, 4) is 17.1 Å². The summed E-state index contributed by atoms with van der Waals surface area (Å²) in [5, 5.41) is 14.9. The van der Waals surface area contributed by atoms with Gasteiger partial charge in [0.2, 0.25) is 5.90 Å². The van der Waals surface area contributed by atoms with Crippen molar-refractivity contribution in [2.24, 2.45) is 10.7 Å². The zero-order valence-corrected chi connectivity index (χ0v) is 19.1. The third-order valence-electron chi connectivity index (χ3n) is 5.24. The predicted octanol–water partition coefficient (Wildman–Crippen LogP) is 4.62. The molecule has 1 aromatic heterocycles. The van der Waals surface area contributed by atoms with Crippen LogP contribution in [0.3, 0.4) is 0 Å². The molecule has 7 heteroatoms. The Balaban J connectivity index is 2.14. The summed E-state index contributed by atoms with van der Waals surface area (Å²) in [7, 11) is 3.29. The van der Waals surface area contributed by atoms with E-state index in [1.807, 2.05) is 42.5 Å². The highest BCUT2D eigenvalue weighted by Crippen LogP contribution is 2.33. The highest BCUT2D eigenvalue weighted by Gasteiger charge is 2.16. The minimum Gasteiger partial charge on any atom is -0.507 e. The fourth-order valence-electron chi connectivity index (χ4n) is 3.44. The Bertz CT molecular complexity index is 1140. The molecule has 1 heterocycles. The van der Waals surface area contributed by atoms with Gasteiger partial charge < -0.3 is 20.9 Å². The molecule has 0 aliphatic heterocycles. The van der Waals surface area contributed by atoms with Crippen LogP contribution in [0.1, 0.15) is 32.3 Å². The number of aromatic hydroxyl groups is 1. The molecule has 2 aromatic carbocycles. The first-order chi connectivity index (χ1) is 15.5. The van der Waals surface area contributed by atoms with Crippen LogP contribution in [-0.2, 0) is 4.74 Å². The number of aliphatic imine (C=N–C) groups is 1. The lowest BCUT2D eigenvalue weighted by Crippen LogP contribution is -2.28. The Kier molecular flexibility index (Phi) is 7.78. The second-order valence-electron chi connectivity index (χ2n) is 7.45. The molecular formula is C25H31N5O2. The van der Waals surface area contributed by atoms with Gasteiger partial charge in [-0.25, -0.2) is 9.97 Å². The minimum absolute atomic E-state index is 0.0199. The number of para-hydroxylation sites is 1. The van der Waals surface area contributed by atoms with Crippen LogP contribution >= 0.6 is 0 Å². The van der Waals surface area contributed by atoms with E-state index in [0.717, 1.165) is 34.9 Å². The van der Waals surface area contributed by atoms with Crippen molar-refractivity contribution < 1.29 is 9.84 Å². The summed E-state index contributed by atoms with van der Waals surface area (Å²) >= 11 is 0. The number of fused-ring (bicyclic) bond motifs is 1. The first kappa shape index (κ1) is 23.2. The van der Waals surface area contributed by atoms with Gasteiger partial charge in [-0.2, -0.15) is 0 Å². The maximum atomic E-state index is 10.7. The number of aromatic nitrogens is 2. The Morgan fingerprint density at radius 1 is 1.22 bits per heavy atom. The van der Waals surface area contributed by atoms with E-state index in [0.29, 0.717) is 29.6 Å². The van der Waals surface area contributed by atoms with Gasteiger partial charge in [-0.3, -0.25) is 4.99 Å². The lowest BCUT2D eigenvalue weighted by molar-refractivity contribution is 0.408. The first-order valence-electron chi connectivity index (χ1n) is 10.8. The number of phenolic OH excluding ortho intramolecular Hbond substituents is 1. The molecule has 0 amide bonds. The van der Waals surface area contributed by atoms with Crippen LogP contribution < -0.4 is 11.1 Å². The van der Waals surface area contributed by atoms with Gasteiger partial charge in [0.15, 0.2) is 5.82 Å². The monoisotopic (exact) mass is 433 g/mol. The molecular weight excluding hydrogens is 402 g/mol. The maximum Gasteiger partial charge on any atom is 0.215 e. The normalized spacial score (nSPS) is 13.3. The van der Waals surface area contributed by atoms with Crippen LogP contribution in [0.4, 0.5) is 5.82 Å². The number of nitrogens with one attached hydrogen (secondary N) is 1. The van der Waals surface area contributed by atoms with E-state index < -0.39 is 0 Å². The summed E-state index contributed by atoms with van der Waals surface area (Å²) in [6.07, 6.45) is 3.72. The highest BCUT2D eigenvalue weighted by molar-refractivity contribution is 6.19. The van der Waals surface area contributed by atoms with E-state index in [1.54, 1.807) is 20.2 Å². The fourth-order valence-corrected chi connectivity index (χ4v) is 3.44. The van der Waals surface area contributed by atoms with Crippen LogP contribution in [0.25, 0.3) is 27.9 Å². The van der Waals surface area contributed by atoms with Gasteiger partial charge in [-0.05, 0) is 42.7 Å². The smallest absolute Gasteiger partial charge is 0.215 e. The molecule has 0 radical (unpaired) electrons. The highest BCUT2D eigenvalue weighted by atomic mass is 16.5. The third kappa shape index (κ3) is 5.06. The average Bonchev–Trinajstić information content (AvgIpc) is 2.82. The van der Waals surface area contributed by atoms with E-state index in [-0.39, 0.29) is 11.8 Å². The molecule has 1 unspecified atom stereocenters. The van der Waals surface area contributed by atoms with Gasteiger partial charge in [0.05, 0.1) is 18.2 Å². The standard InChI is InChI=1S/C25H31N5O2/c1-5-9-18(25(27-3)32-4)16-12-13-22(31)20(14-16)24-29-21-11-8-7-10-19(21)23(30-24)28-15-17(26)6-2/h7-14,17,31H,5-6,15,26H2,1-4H3,(H,28,29,30)/b18-9-,27-25?. The lowest BCUT2D eigenvalue weighted by atomic mass is 10.0. The Morgan fingerprint density at radius 2 is 2.00 bits per heavy atom. The second kappa shape index (κ2) is 10.7. The molecule has 0 aliphatic rings. The number of phenols is 1. The van der Waals surface area contributed by atoms with Crippen molar-refractivity contribution >= 4 is 28.2 Å². The van der Waals surface area contributed by atoms with Gasteiger partial charge in [0.1, 0.15) is 11.6 Å². The number of allylic oxidation sites excluding steroid dienone is 1. The fraction of sp³-hybridized carbons (Fsp3) is 0.320. The zero-order valence-electron chi connectivity index (χ0n) is 19.1. The minimum atomic E-state index is 0.0199. The van der Waals surface area contributed by atoms with Gasteiger partial charge in [0, 0.05) is 30.6 Å². The molecule has 0 saturated carbocycles. The summed E-state index contributed by atoms with van der Waals surface area (Å²) in [5.74, 6) is 1.75. The molecule has 3 aromatic rings. The molecule has 0 aliphatic carbocycles. The Hall–Kier alpha value is -3.45. The predicted molar refractivity (Wildman–Crippen MR) is 132 cm³/mol. The first-order valence-corrected chi connectivity index (χ1v) is 10.8. The molecule has 168 valence electrons. The third-order valence-corrected chi connectivity index (χ3v) is 5.24. The maximum absolute atomic E-state index is 10.7. The summed E-state index contributed by atoms with van der Waals surface area (Å²) in [6.45, 7) is 4.70. The molecule has 7 nitrogen and oxygen atoms in total. The van der Waals surface area contributed by atoms with E-state index in [4.69, 9.17) is 20.4 Å². The van der Waals surface area contributed by atoms with Crippen molar-refractivity contribution in [2.75, 3.05) is 26.0 Å². The van der Waals surface area contributed by atoms with Crippen LogP contribution in [0.2, 0.25) is 0 Å². The van der Waals surface area contributed by atoms with Crippen molar-refractivity contribution in [1.82, 2.24) is 9.97 Å². The van der Waals surface area contributed by atoms with Crippen molar-refractivity contribution in [2.45, 2.75) is 32.7 Å². The second-order valence-corrected chi connectivity index (χ2v) is 7.45. The molecule has 0 saturated heterocycles. The van der Waals surface area contributed by atoms with E-state index in [9.17, 15) is 5.11 Å². The number of benzene rings is 2. The SMILES string of the molecule is CC/C=C(\C(=NC)OC)c1ccc(O)c(-c2nc(NCC(N)CC)c3ccccc3n2)c1. The number of rotatable bonds is 8. The molecule has 32 heavy (non-hydrogen) atoms. The Labute approximate surface area is 189 Å². The van der Waals surface area contributed by atoms with E-state index >= 15 is 0 Å². The molecule has 3 rings (SSSR count). The molecule has 0 spiro atoms. The van der Waals surface area contributed by atoms with E-state index in [1.165, 1.54) is 0 Å². The Morgan fingerprint density at radius 3 is 2.69 bits per heavy atom. The topological polar surface area (TPSA) is 106 Å². The van der Waals surface area contributed by atoms with Crippen molar-refractivity contribution in [1.29, 1.82) is 0 Å². The summed E-state index contributed by atoms with van der Waals surface area (Å²) < 4.78 is 5.45. The number of nitrogens with two attached hydrogens (primary N) is 1. The number of methoxy groups -OCH3 is 1. The van der Waals surface area contributed by atoms with Gasteiger partial charge in [-0.1, -0.05) is 38.1 Å². The number of ether oxygens (including phenoxy) is 1.